The molecule has 4 atom stereocenters. The van der Waals surface area contributed by atoms with Gasteiger partial charge in [0, 0.05) is 22.5 Å². The third kappa shape index (κ3) is 6.83. The summed E-state index contributed by atoms with van der Waals surface area (Å²) in [6, 6.07) is 9.58. The first-order valence-corrected chi connectivity index (χ1v) is 14.0. The Labute approximate surface area is 263 Å². The fourth-order valence-electron chi connectivity index (χ4n) is 5.55. The predicted molar refractivity (Wildman–Crippen MR) is 154 cm³/mol. The van der Waals surface area contributed by atoms with Gasteiger partial charge in [0.05, 0.1) is 17.1 Å². The summed E-state index contributed by atoms with van der Waals surface area (Å²) >= 11 is 12.1. The van der Waals surface area contributed by atoms with Gasteiger partial charge in [-0.1, -0.05) is 62.2 Å². The average molecular weight is 671 g/mol. The van der Waals surface area contributed by atoms with Gasteiger partial charge < -0.3 is 20.4 Å². The molecule has 8 nitrogen and oxygen atoms in total. The number of nitriles is 1. The molecule has 4 rings (SSSR count). The van der Waals surface area contributed by atoms with Crippen LogP contribution in [0.5, 0.6) is 0 Å². The number of carbonyl (C=O) groups excluding carboxylic acids is 3. The van der Waals surface area contributed by atoms with Crippen molar-refractivity contribution in [2.75, 3.05) is 5.32 Å². The standard InChI is InChI=1S/C30H25Cl2F5N4O4/c1-28(2,3)12-20-29(13-38,16-8-7-14(31)11-18(16)33)22(15-5-4-6-17(32)23(15)34)24(40-20)25(42)41-21-10-9-19(39-21)26(43)45-27(44)30(35,36)37/h4-11,20,22,24,39-40H,12H2,1-3H3,(H,41,42)/t20-,22-,24+,29-/m0/s1. The van der Waals surface area contributed by atoms with Crippen LogP contribution >= 0.6 is 23.2 Å². The molecule has 1 amide bonds. The third-order valence-electron chi connectivity index (χ3n) is 7.31. The van der Waals surface area contributed by atoms with Crippen molar-refractivity contribution in [1.82, 2.24) is 10.3 Å². The minimum Gasteiger partial charge on any atom is -0.382 e. The zero-order chi connectivity index (χ0) is 33.5. The number of anilines is 1. The van der Waals surface area contributed by atoms with Crippen LogP contribution in [0.1, 0.15) is 54.7 Å². The highest BCUT2D eigenvalue weighted by Crippen LogP contribution is 2.52. The minimum atomic E-state index is -5.42. The monoisotopic (exact) mass is 670 g/mol. The summed E-state index contributed by atoms with van der Waals surface area (Å²) in [5, 5.41) is 16.1. The molecule has 3 N–H and O–H groups in total. The molecule has 15 heteroatoms. The molecule has 0 aliphatic carbocycles. The van der Waals surface area contributed by atoms with E-state index in [9.17, 15) is 32.8 Å². The minimum absolute atomic E-state index is 0.0421. The molecule has 45 heavy (non-hydrogen) atoms. The van der Waals surface area contributed by atoms with Crippen molar-refractivity contribution in [3.05, 3.63) is 87.0 Å². The second-order valence-electron chi connectivity index (χ2n) is 11.6. The maximum Gasteiger partial charge on any atom is 0.491 e. The Bertz CT molecular complexity index is 1700. The molecule has 0 spiro atoms. The van der Waals surface area contributed by atoms with E-state index in [4.69, 9.17) is 23.2 Å². The smallest absolute Gasteiger partial charge is 0.382 e. The van der Waals surface area contributed by atoms with Crippen LogP contribution in [0.2, 0.25) is 10.0 Å². The predicted octanol–water partition coefficient (Wildman–Crippen LogP) is 6.81. The molecule has 1 aromatic heterocycles. The molecular weight excluding hydrogens is 646 g/mol. The number of hydrogen-bond donors (Lipinski definition) is 3. The van der Waals surface area contributed by atoms with Crippen LogP contribution in [0.3, 0.4) is 0 Å². The second kappa shape index (κ2) is 12.4. The van der Waals surface area contributed by atoms with Crippen molar-refractivity contribution >= 4 is 46.9 Å². The van der Waals surface area contributed by atoms with Gasteiger partial charge in [0.25, 0.3) is 0 Å². The van der Waals surface area contributed by atoms with Gasteiger partial charge in [0.1, 0.15) is 28.6 Å². The van der Waals surface area contributed by atoms with E-state index < -0.39 is 70.2 Å². The van der Waals surface area contributed by atoms with Gasteiger partial charge in [0.2, 0.25) is 5.91 Å². The topological polar surface area (TPSA) is 124 Å². The summed E-state index contributed by atoms with van der Waals surface area (Å²) < 4.78 is 72.8. The van der Waals surface area contributed by atoms with Crippen LogP contribution < -0.4 is 10.6 Å². The molecule has 3 aromatic rings. The lowest BCUT2D eigenvalue weighted by molar-refractivity contribution is -0.193. The SMILES string of the molecule is CC(C)(C)C[C@@H]1N[C@@H](C(=O)Nc2ccc(C(=O)OC(=O)C(F)(F)F)[nH]2)[C@H](c2cccc(Cl)c2F)[C@@]1(C#N)c1ccc(Cl)cc1F. The van der Waals surface area contributed by atoms with Crippen molar-refractivity contribution in [1.29, 1.82) is 5.26 Å². The Balaban J connectivity index is 1.81. The highest BCUT2D eigenvalue weighted by molar-refractivity contribution is 6.31. The number of nitrogens with one attached hydrogen (secondary N) is 3. The summed E-state index contributed by atoms with van der Waals surface area (Å²) in [5.41, 5.74) is -3.30. The molecule has 238 valence electrons. The summed E-state index contributed by atoms with van der Waals surface area (Å²) in [7, 11) is 0. The molecule has 0 unspecified atom stereocenters. The van der Waals surface area contributed by atoms with Crippen molar-refractivity contribution in [3.63, 3.8) is 0 Å². The first-order valence-electron chi connectivity index (χ1n) is 13.3. The Morgan fingerprint density at radius 2 is 1.76 bits per heavy atom. The molecule has 2 heterocycles. The number of amides is 1. The number of aromatic amines is 1. The molecule has 0 saturated carbocycles. The molecule has 1 aliphatic rings. The van der Waals surface area contributed by atoms with E-state index in [0.717, 1.165) is 18.2 Å². The van der Waals surface area contributed by atoms with Crippen LogP contribution in [0.4, 0.5) is 27.8 Å². The van der Waals surface area contributed by atoms with Crippen molar-refractivity contribution in [2.24, 2.45) is 5.41 Å². The lowest BCUT2D eigenvalue weighted by Crippen LogP contribution is -2.45. The second-order valence-corrected chi connectivity index (χ2v) is 12.5. The number of ether oxygens (including phenoxy) is 1. The van der Waals surface area contributed by atoms with E-state index >= 15 is 8.78 Å². The number of benzene rings is 2. The lowest BCUT2D eigenvalue weighted by Gasteiger charge is -2.37. The van der Waals surface area contributed by atoms with Crippen LogP contribution in [-0.2, 0) is 19.7 Å². The zero-order valence-corrected chi connectivity index (χ0v) is 25.3. The first-order chi connectivity index (χ1) is 20.9. The lowest BCUT2D eigenvalue weighted by atomic mass is 9.62. The van der Waals surface area contributed by atoms with Crippen LogP contribution in [0.25, 0.3) is 0 Å². The fourth-order valence-corrected chi connectivity index (χ4v) is 5.89. The van der Waals surface area contributed by atoms with Gasteiger partial charge in [-0.3, -0.25) is 4.79 Å². The normalized spacial score (nSPS) is 21.7. The molecule has 2 aromatic carbocycles. The van der Waals surface area contributed by atoms with Gasteiger partial charge in [-0.25, -0.2) is 18.4 Å². The summed E-state index contributed by atoms with van der Waals surface area (Å²) in [6.07, 6.45) is -5.21. The Morgan fingerprint density at radius 3 is 2.36 bits per heavy atom. The number of rotatable bonds is 6. The number of aromatic nitrogens is 1. The van der Waals surface area contributed by atoms with Crippen molar-refractivity contribution < 1.29 is 41.1 Å². The van der Waals surface area contributed by atoms with Crippen LogP contribution in [-0.4, -0.2) is 41.1 Å². The molecule has 1 saturated heterocycles. The van der Waals surface area contributed by atoms with Crippen molar-refractivity contribution in [3.8, 4) is 6.07 Å². The maximum absolute atomic E-state index is 15.7. The number of carbonyl (C=O) groups is 3. The quantitative estimate of drug-likeness (QED) is 0.150. The number of H-pyrrole nitrogens is 1. The number of nitrogens with zero attached hydrogens (tertiary/aromatic N) is 1. The maximum atomic E-state index is 15.7. The van der Waals surface area contributed by atoms with E-state index in [1.165, 1.54) is 30.3 Å². The molecule has 0 bridgehead atoms. The summed E-state index contributed by atoms with van der Waals surface area (Å²) in [6.45, 7) is 5.58. The van der Waals surface area contributed by atoms with Gasteiger partial charge in [-0.2, -0.15) is 18.4 Å². The van der Waals surface area contributed by atoms with Gasteiger partial charge >= 0.3 is 18.1 Å². The zero-order valence-electron chi connectivity index (χ0n) is 23.8. The third-order valence-corrected chi connectivity index (χ3v) is 7.84. The summed E-state index contributed by atoms with van der Waals surface area (Å²) in [5.74, 6) is -8.68. The Hall–Kier alpha value is -3.99. The van der Waals surface area contributed by atoms with Gasteiger partial charge in [0.15, 0.2) is 0 Å². The highest BCUT2D eigenvalue weighted by atomic mass is 35.5. The molecule has 1 aliphatic heterocycles. The number of hydrogen-bond acceptors (Lipinski definition) is 6. The Morgan fingerprint density at radius 1 is 1.07 bits per heavy atom. The van der Waals surface area contributed by atoms with Gasteiger partial charge in [-0.05, 0) is 47.7 Å². The highest BCUT2D eigenvalue weighted by Gasteiger charge is 2.61. The fraction of sp³-hybridized carbons (Fsp3) is 0.333. The van der Waals surface area contributed by atoms with E-state index in [0.29, 0.717) is 0 Å². The largest absolute Gasteiger partial charge is 0.491 e. The Kier molecular flexibility index (Phi) is 9.36. The summed E-state index contributed by atoms with van der Waals surface area (Å²) in [4.78, 5) is 39.3. The number of halogens is 7. The van der Waals surface area contributed by atoms with Crippen molar-refractivity contribution in [2.45, 2.75) is 56.8 Å². The molecule has 0 radical (unpaired) electrons. The number of esters is 2. The van der Waals surface area contributed by atoms with Crippen LogP contribution in [0.15, 0.2) is 48.5 Å². The van der Waals surface area contributed by atoms with E-state index in [-0.39, 0.29) is 33.4 Å². The molecular formula is C30H25Cl2F5N4O4. The average Bonchev–Trinajstić information content (AvgIpc) is 3.52. The van der Waals surface area contributed by atoms with E-state index in [2.05, 4.69) is 26.4 Å². The number of alkyl halides is 3. The molecule has 1 fully saturated rings. The van der Waals surface area contributed by atoms with Gasteiger partial charge in [-0.15, -0.1) is 0 Å². The van der Waals surface area contributed by atoms with E-state index in [1.54, 1.807) is 0 Å². The van der Waals surface area contributed by atoms with Crippen LogP contribution in [0, 0.1) is 28.4 Å². The van der Waals surface area contributed by atoms with E-state index in [1.807, 2.05) is 20.8 Å². The first kappa shape index (κ1) is 33.9.